The molecule has 0 fully saturated rings. The topological polar surface area (TPSA) is 21.3 Å². The van der Waals surface area contributed by atoms with Crippen molar-refractivity contribution in [2.24, 2.45) is 0 Å². The van der Waals surface area contributed by atoms with Crippen LogP contribution >= 0.6 is 0 Å². The molecule has 2 aromatic carbocycles. The normalized spacial score (nSPS) is 11.4. The molecule has 0 aliphatic carbocycles. The lowest BCUT2D eigenvalue weighted by Crippen LogP contribution is -2.05. The van der Waals surface area contributed by atoms with Crippen molar-refractivity contribution in [1.82, 2.24) is 5.32 Å². The Labute approximate surface area is 115 Å². The van der Waals surface area contributed by atoms with Crippen molar-refractivity contribution < 1.29 is 17.9 Å². The Morgan fingerprint density at radius 2 is 1.65 bits per heavy atom. The summed E-state index contributed by atoms with van der Waals surface area (Å²) >= 11 is 0. The molecule has 2 aromatic rings. The van der Waals surface area contributed by atoms with Crippen LogP contribution in [0, 0.1) is 0 Å². The maximum absolute atomic E-state index is 12.6. The van der Waals surface area contributed by atoms with Crippen molar-refractivity contribution in [2.75, 3.05) is 7.05 Å². The SMILES string of the molecule is CNCc1cccc(Oc2cccc(C(F)(F)F)c2)c1. The second kappa shape index (κ2) is 5.96. The zero-order chi connectivity index (χ0) is 14.6. The molecule has 0 aliphatic heterocycles. The Kier molecular flexibility index (Phi) is 4.29. The van der Waals surface area contributed by atoms with Crippen LogP contribution in [-0.2, 0) is 12.7 Å². The zero-order valence-electron chi connectivity index (χ0n) is 10.9. The highest BCUT2D eigenvalue weighted by Crippen LogP contribution is 2.32. The van der Waals surface area contributed by atoms with Crippen LogP contribution in [0.5, 0.6) is 11.5 Å². The molecule has 0 unspecified atom stereocenters. The molecule has 0 saturated heterocycles. The summed E-state index contributed by atoms with van der Waals surface area (Å²) in [5, 5.41) is 3.00. The molecule has 2 nitrogen and oxygen atoms in total. The van der Waals surface area contributed by atoms with Crippen LogP contribution in [-0.4, -0.2) is 7.05 Å². The standard InChI is InChI=1S/C15H14F3NO/c1-19-10-11-4-2-6-13(8-11)20-14-7-3-5-12(9-14)15(16,17)18/h2-9,19H,10H2,1H3. The first-order valence-corrected chi connectivity index (χ1v) is 6.08. The van der Waals surface area contributed by atoms with E-state index in [1.807, 2.05) is 13.1 Å². The van der Waals surface area contributed by atoms with Crippen LogP contribution in [0.3, 0.4) is 0 Å². The molecule has 0 aromatic heterocycles. The fourth-order valence-electron chi connectivity index (χ4n) is 1.80. The average molecular weight is 281 g/mol. The largest absolute Gasteiger partial charge is 0.457 e. The van der Waals surface area contributed by atoms with E-state index in [1.54, 1.807) is 18.2 Å². The van der Waals surface area contributed by atoms with Gasteiger partial charge in [0.05, 0.1) is 5.56 Å². The van der Waals surface area contributed by atoms with Crippen molar-refractivity contribution in [3.8, 4) is 11.5 Å². The minimum absolute atomic E-state index is 0.168. The Hall–Kier alpha value is -2.01. The number of hydrogen-bond acceptors (Lipinski definition) is 2. The van der Waals surface area contributed by atoms with Gasteiger partial charge in [-0.2, -0.15) is 13.2 Å². The first-order valence-electron chi connectivity index (χ1n) is 6.08. The van der Waals surface area contributed by atoms with Crippen molar-refractivity contribution in [3.63, 3.8) is 0 Å². The first kappa shape index (κ1) is 14.4. The van der Waals surface area contributed by atoms with Crippen molar-refractivity contribution >= 4 is 0 Å². The molecular formula is C15H14F3NO. The molecule has 20 heavy (non-hydrogen) atoms. The number of halogens is 3. The minimum Gasteiger partial charge on any atom is -0.457 e. The summed E-state index contributed by atoms with van der Waals surface area (Å²) in [7, 11) is 1.82. The molecule has 0 radical (unpaired) electrons. The highest BCUT2D eigenvalue weighted by Gasteiger charge is 2.30. The van der Waals surface area contributed by atoms with Crippen LogP contribution in [0.4, 0.5) is 13.2 Å². The Balaban J connectivity index is 2.19. The molecule has 2 rings (SSSR count). The smallest absolute Gasteiger partial charge is 0.416 e. The number of benzene rings is 2. The van der Waals surface area contributed by atoms with Gasteiger partial charge in [-0.1, -0.05) is 18.2 Å². The van der Waals surface area contributed by atoms with Gasteiger partial charge in [-0.3, -0.25) is 0 Å². The van der Waals surface area contributed by atoms with Crippen molar-refractivity contribution in [3.05, 3.63) is 59.7 Å². The highest BCUT2D eigenvalue weighted by molar-refractivity contribution is 5.36. The maximum atomic E-state index is 12.6. The first-order chi connectivity index (χ1) is 9.49. The van der Waals surface area contributed by atoms with Crippen LogP contribution in [0.2, 0.25) is 0 Å². The lowest BCUT2D eigenvalue weighted by atomic mass is 10.2. The van der Waals surface area contributed by atoms with E-state index in [4.69, 9.17) is 4.74 Å². The summed E-state index contributed by atoms with van der Waals surface area (Å²) in [6.45, 7) is 0.666. The van der Waals surface area contributed by atoms with Gasteiger partial charge in [-0.25, -0.2) is 0 Å². The van der Waals surface area contributed by atoms with E-state index in [0.717, 1.165) is 17.7 Å². The molecular weight excluding hydrogens is 267 g/mol. The van der Waals surface area contributed by atoms with Crippen LogP contribution < -0.4 is 10.1 Å². The van der Waals surface area contributed by atoms with Gasteiger partial charge in [0.2, 0.25) is 0 Å². The third-order valence-electron chi connectivity index (χ3n) is 2.68. The molecule has 0 atom stereocenters. The number of rotatable bonds is 4. The molecule has 0 aliphatic rings. The third-order valence-corrected chi connectivity index (χ3v) is 2.68. The summed E-state index contributed by atoms with van der Waals surface area (Å²) in [5.74, 6) is 0.679. The van der Waals surface area contributed by atoms with E-state index in [1.165, 1.54) is 12.1 Å². The van der Waals surface area contributed by atoms with Gasteiger partial charge in [0.25, 0.3) is 0 Å². The van der Waals surface area contributed by atoms with E-state index >= 15 is 0 Å². The fraction of sp³-hybridized carbons (Fsp3) is 0.200. The summed E-state index contributed by atoms with van der Waals surface area (Å²) in [6, 6.07) is 12.0. The van der Waals surface area contributed by atoms with Crippen molar-refractivity contribution in [2.45, 2.75) is 12.7 Å². The zero-order valence-corrected chi connectivity index (χ0v) is 10.9. The number of nitrogens with one attached hydrogen (secondary N) is 1. The third kappa shape index (κ3) is 3.74. The van der Waals surface area contributed by atoms with E-state index in [0.29, 0.717) is 12.3 Å². The molecule has 0 saturated carbocycles. The highest BCUT2D eigenvalue weighted by atomic mass is 19.4. The molecule has 0 spiro atoms. The van der Waals surface area contributed by atoms with E-state index in [9.17, 15) is 13.2 Å². The predicted molar refractivity (Wildman–Crippen MR) is 70.7 cm³/mol. The summed E-state index contributed by atoms with van der Waals surface area (Å²) in [4.78, 5) is 0. The Bertz CT molecular complexity index is 581. The van der Waals surface area contributed by atoms with E-state index in [2.05, 4.69) is 5.32 Å². The minimum atomic E-state index is -4.37. The van der Waals surface area contributed by atoms with Crippen LogP contribution in [0.15, 0.2) is 48.5 Å². The average Bonchev–Trinajstić information content (AvgIpc) is 2.39. The molecule has 106 valence electrons. The Morgan fingerprint density at radius 1 is 1.00 bits per heavy atom. The van der Waals surface area contributed by atoms with Gasteiger partial charge in [-0.15, -0.1) is 0 Å². The molecule has 1 N–H and O–H groups in total. The van der Waals surface area contributed by atoms with Gasteiger partial charge in [0.15, 0.2) is 0 Å². The monoisotopic (exact) mass is 281 g/mol. The summed E-state index contributed by atoms with van der Waals surface area (Å²) < 4.78 is 43.3. The fourth-order valence-corrected chi connectivity index (χ4v) is 1.80. The summed E-state index contributed by atoms with van der Waals surface area (Å²) in [5.41, 5.74) is 0.276. The lowest BCUT2D eigenvalue weighted by molar-refractivity contribution is -0.137. The maximum Gasteiger partial charge on any atom is 0.416 e. The molecule has 0 heterocycles. The second-order valence-electron chi connectivity index (χ2n) is 4.31. The van der Waals surface area contributed by atoms with Crippen LogP contribution in [0.25, 0.3) is 0 Å². The van der Waals surface area contributed by atoms with Gasteiger partial charge >= 0.3 is 6.18 Å². The van der Waals surface area contributed by atoms with Gasteiger partial charge < -0.3 is 10.1 Å². The van der Waals surface area contributed by atoms with Gasteiger partial charge in [-0.05, 0) is 42.9 Å². The van der Waals surface area contributed by atoms with Gasteiger partial charge in [0.1, 0.15) is 11.5 Å². The summed E-state index contributed by atoms with van der Waals surface area (Å²) in [6.07, 6.45) is -4.37. The molecule has 5 heteroatoms. The predicted octanol–water partition coefficient (Wildman–Crippen LogP) is 4.22. The van der Waals surface area contributed by atoms with Crippen LogP contribution in [0.1, 0.15) is 11.1 Å². The number of hydrogen-bond donors (Lipinski definition) is 1. The lowest BCUT2D eigenvalue weighted by Gasteiger charge is -2.10. The van der Waals surface area contributed by atoms with Gasteiger partial charge in [0, 0.05) is 6.54 Å². The van der Waals surface area contributed by atoms with Crippen molar-refractivity contribution in [1.29, 1.82) is 0 Å². The van der Waals surface area contributed by atoms with E-state index in [-0.39, 0.29) is 5.75 Å². The quantitative estimate of drug-likeness (QED) is 0.906. The Morgan fingerprint density at radius 3 is 2.30 bits per heavy atom. The second-order valence-corrected chi connectivity index (χ2v) is 4.31. The molecule has 0 bridgehead atoms. The number of ether oxygens (including phenoxy) is 1. The van der Waals surface area contributed by atoms with E-state index < -0.39 is 11.7 Å². The molecule has 0 amide bonds. The number of alkyl halides is 3.